The normalized spacial score (nSPS) is 15.0. The van der Waals surface area contributed by atoms with Crippen molar-refractivity contribution in [2.45, 2.75) is 26.5 Å². The number of nitrogens with zero attached hydrogens (tertiary/aromatic N) is 1. The maximum absolute atomic E-state index is 12.9. The fraction of sp³-hybridized carbons (Fsp3) is 0.200. The van der Waals surface area contributed by atoms with Gasteiger partial charge in [0, 0.05) is 5.69 Å². The van der Waals surface area contributed by atoms with Crippen LogP contribution in [0.5, 0.6) is 11.5 Å². The first-order valence-corrected chi connectivity index (χ1v) is 10.6. The number of nitrogens with one attached hydrogen (secondary N) is 1. The first-order valence-electron chi connectivity index (χ1n) is 10.3. The first-order chi connectivity index (χ1) is 15.4. The maximum Gasteiger partial charge on any atom is 0.268 e. The van der Waals surface area contributed by atoms with E-state index in [1.54, 1.807) is 54.3 Å². The van der Waals surface area contributed by atoms with Crippen LogP contribution in [0.25, 0.3) is 0 Å². The minimum Gasteiger partial charge on any atom is -0.482 e. The topological polar surface area (TPSA) is 67.9 Å². The molecule has 0 saturated carbocycles. The number of carbonyl (C=O) groups is 2. The molecular formula is C25H23ClN2O4. The number of ether oxygens (including phenoxy) is 2. The lowest BCUT2D eigenvalue weighted by Crippen LogP contribution is -2.44. The summed E-state index contributed by atoms with van der Waals surface area (Å²) >= 11 is 6.06. The van der Waals surface area contributed by atoms with Crippen LogP contribution in [0.1, 0.15) is 18.1 Å². The number of hydrogen-bond donors (Lipinski definition) is 1. The van der Waals surface area contributed by atoms with E-state index in [2.05, 4.69) is 5.32 Å². The Morgan fingerprint density at radius 2 is 1.88 bits per heavy atom. The predicted molar refractivity (Wildman–Crippen MR) is 124 cm³/mol. The van der Waals surface area contributed by atoms with Crippen molar-refractivity contribution in [2.24, 2.45) is 0 Å². The molecular weight excluding hydrogens is 428 g/mol. The zero-order valence-electron chi connectivity index (χ0n) is 17.8. The summed E-state index contributed by atoms with van der Waals surface area (Å²) in [7, 11) is 0. The SMILES string of the molecule is Cc1ccccc1CN1C(=O)C(C)Oc2ccc(NC(=O)COc3ccccc3Cl)cc21. The molecule has 0 spiro atoms. The first kappa shape index (κ1) is 21.7. The second kappa shape index (κ2) is 9.32. The highest BCUT2D eigenvalue weighted by Crippen LogP contribution is 2.37. The largest absolute Gasteiger partial charge is 0.482 e. The van der Waals surface area contributed by atoms with Crippen molar-refractivity contribution >= 4 is 34.8 Å². The van der Waals surface area contributed by atoms with Gasteiger partial charge in [-0.1, -0.05) is 48.0 Å². The minimum absolute atomic E-state index is 0.133. The average molecular weight is 451 g/mol. The van der Waals surface area contributed by atoms with Crippen molar-refractivity contribution < 1.29 is 19.1 Å². The molecule has 3 aromatic carbocycles. The molecule has 1 unspecified atom stereocenters. The van der Waals surface area contributed by atoms with Crippen molar-refractivity contribution in [3.8, 4) is 11.5 Å². The lowest BCUT2D eigenvalue weighted by Gasteiger charge is -2.33. The molecule has 0 radical (unpaired) electrons. The number of rotatable bonds is 6. The van der Waals surface area contributed by atoms with Gasteiger partial charge in [-0.15, -0.1) is 0 Å². The van der Waals surface area contributed by atoms with E-state index in [4.69, 9.17) is 21.1 Å². The number of aryl methyl sites for hydroxylation is 1. The molecule has 0 fully saturated rings. The molecule has 1 aliphatic heterocycles. The molecule has 0 aromatic heterocycles. The molecule has 6 nitrogen and oxygen atoms in total. The van der Waals surface area contributed by atoms with Crippen LogP contribution in [0.4, 0.5) is 11.4 Å². The molecule has 7 heteroatoms. The molecule has 0 aliphatic carbocycles. The van der Waals surface area contributed by atoms with Gasteiger partial charge in [0.05, 0.1) is 17.3 Å². The molecule has 1 atom stereocenters. The third kappa shape index (κ3) is 4.70. The molecule has 2 amide bonds. The summed E-state index contributed by atoms with van der Waals surface area (Å²) in [6.45, 7) is 3.97. The zero-order chi connectivity index (χ0) is 22.7. The number of benzene rings is 3. The van der Waals surface area contributed by atoms with Crippen LogP contribution in [-0.2, 0) is 16.1 Å². The summed E-state index contributed by atoms with van der Waals surface area (Å²) in [6, 6.07) is 20.1. The Labute approximate surface area is 191 Å². The quantitative estimate of drug-likeness (QED) is 0.575. The Kier molecular flexibility index (Phi) is 6.32. The van der Waals surface area contributed by atoms with Crippen molar-refractivity contribution in [3.63, 3.8) is 0 Å². The summed E-state index contributed by atoms with van der Waals surface area (Å²) in [5, 5.41) is 3.24. The van der Waals surface area contributed by atoms with E-state index >= 15 is 0 Å². The molecule has 32 heavy (non-hydrogen) atoms. The Hall–Kier alpha value is -3.51. The van der Waals surface area contributed by atoms with E-state index < -0.39 is 6.10 Å². The number of amides is 2. The van der Waals surface area contributed by atoms with Gasteiger partial charge >= 0.3 is 0 Å². The van der Waals surface area contributed by atoms with E-state index in [0.717, 1.165) is 11.1 Å². The van der Waals surface area contributed by atoms with Crippen molar-refractivity contribution in [1.29, 1.82) is 0 Å². The minimum atomic E-state index is -0.587. The highest BCUT2D eigenvalue weighted by Gasteiger charge is 2.32. The van der Waals surface area contributed by atoms with E-state index in [1.165, 1.54) is 0 Å². The van der Waals surface area contributed by atoms with Gasteiger partial charge in [-0.05, 0) is 55.3 Å². The van der Waals surface area contributed by atoms with E-state index in [1.807, 2.05) is 31.2 Å². The zero-order valence-corrected chi connectivity index (χ0v) is 18.6. The highest BCUT2D eigenvalue weighted by molar-refractivity contribution is 6.32. The number of carbonyl (C=O) groups excluding carboxylic acids is 2. The van der Waals surface area contributed by atoms with Crippen LogP contribution in [-0.4, -0.2) is 24.5 Å². The maximum atomic E-state index is 12.9. The summed E-state index contributed by atoms with van der Waals surface area (Å²) < 4.78 is 11.3. The average Bonchev–Trinajstić information content (AvgIpc) is 2.78. The van der Waals surface area contributed by atoms with Crippen LogP contribution in [0.15, 0.2) is 66.7 Å². The summed E-state index contributed by atoms with van der Waals surface area (Å²) in [5.74, 6) is 0.557. The Morgan fingerprint density at radius 1 is 1.12 bits per heavy atom. The van der Waals surface area contributed by atoms with Gasteiger partial charge in [0.2, 0.25) is 0 Å². The fourth-order valence-corrected chi connectivity index (χ4v) is 3.70. The third-order valence-electron chi connectivity index (χ3n) is 5.24. The molecule has 1 aliphatic rings. The van der Waals surface area contributed by atoms with E-state index in [9.17, 15) is 9.59 Å². The lowest BCUT2D eigenvalue weighted by atomic mass is 10.1. The van der Waals surface area contributed by atoms with Gasteiger partial charge < -0.3 is 19.7 Å². The Morgan fingerprint density at radius 3 is 2.66 bits per heavy atom. The molecule has 164 valence electrons. The Balaban J connectivity index is 1.52. The fourth-order valence-electron chi connectivity index (χ4n) is 3.51. The monoisotopic (exact) mass is 450 g/mol. The summed E-state index contributed by atoms with van der Waals surface area (Å²) in [5.41, 5.74) is 3.30. The van der Waals surface area contributed by atoms with Crippen LogP contribution in [0.2, 0.25) is 5.02 Å². The van der Waals surface area contributed by atoms with Crippen LogP contribution in [0, 0.1) is 6.92 Å². The molecule has 0 bridgehead atoms. The number of halogens is 1. The molecule has 1 heterocycles. The number of hydrogen-bond acceptors (Lipinski definition) is 4. The summed E-state index contributed by atoms with van der Waals surface area (Å²) in [4.78, 5) is 27.0. The van der Waals surface area contributed by atoms with Gasteiger partial charge in [-0.25, -0.2) is 0 Å². The van der Waals surface area contributed by atoms with Gasteiger partial charge in [-0.2, -0.15) is 0 Å². The molecule has 4 rings (SSSR count). The van der Waals surface area contributed by atoms with Crippen molar-refractivity contribution in [1.82, 2.24) is 0 Å². The van der Waals surface area contributed by atoms with Crippen molar-refractivity contribution in [3.05, 3.63) is 82.9 Å². The number of fused-ring (bicyclic) bond motifs is 1. The number of para-hydroxylation sites is 1. The molecule has 3 aromatic rings. The van der Waals surface area contributed by atoms with E-state index in [-0.39, 0.29) is 18.4 Å². The summed E-state index contributed by atoms with van der Waals surface area (Å²) in [6.07, 6.45) is -0.587. The second-order valence-corrected chi connectivity index (χ2v) is 7.97. The van der Waals surface area contributed by atoms with Crippen LogP contribution in [0.3, 0.4) is 0 Å². The van der Waals surface area contributed by atoms with Crippen LogP contribution >= 0.6 is 11.6 Å². The molecule has 1 N–H and O–H groups in total. The van der Waals surface area contributed by atoms with Gasteiger partial charge in [0.25, 0.3) is 11.8 Å². The Bertz CT molecular complexity index is 1160. The smallest absolute Gasteiger partial charge is 0.268 e. The second-order valence-electron chi connectivity index (χ2n) is 7.56. The van der Waals surface area contributed by atoms with Gasteiger partial charge in [-0.3, -0.25) is 9.59 Å². The van der Waals surface area contributed by atoms with Gasteiger partial charge in [0.15, 0.2) is 12.7 Å². The van der Waals surface area contributed by atoms with Gasteiger partial charge in [0.1, 0.15) is 11.5 Å². The number of anilines is 2. The standard InChI is InChI=1S/C25H23ClN2O4/c1-16-7-3-4-8-18(16)14-28-21-13-19(11-12-23(21)32-17(2)25(28)30)27-24(29)15-31-22-10-6-5-9-20(22)26/h3-13,17H,14-15H2,1-2H3,(H,27,29). The van der Waals surface area contributed by atoms with E-state index in [0.29, 0.717) is 34.4 Å². The molecule has 0 saturated heterocycles. The van der Waals surface area contributed by atoms with Crippen molar-refractivity contribution in [2.75, 3.05) is 16.8 Å². The van der Waals surface area contributed by atoms with Crippen LogP contribution < -0.4 is 19.7 Å². The third-order valence-corrected chi connectivity index (χ3v) is 5.55. The highest BCUT2D eigenvalue weighted by atomic mass is 35.5. The predicted octanol–water partition coefficient (Wildman–Crippen LogP) is 4.98. The lowest BCUT2D eigenvalue weighted by molar-refractivity contribution is -0.125.